The summed E-state index contributed by atoms with van der Waals surface area (Å²) >= 11 is 0. The fourth-order valence-corrected chi connectivity index (χ4v) is 1.79. The van der Waals surface area contributed by atoms with Crippen LogP contribution in [0.15, 0.2) is 54.8 Å². The summed E-state index contributed by atoms with van der Waals surface area (Å²) in [6.45, 7) is 1.84. The average molecular weight is 239 g/mol. The maximum absolute atomic E-state index is 11.3. The zero-order valence-corrected chi connectivity index (χ0v) is 10.00. The number of rotatable bonds is 3. The van der Waals surface area contributed by atoms with E-state index in [1.54, 1.807) is 30.5 Å². The number of fused-ring (bicyclic) bond motifs is 1. The number of benzene rings is 1. The van der Waals surface area contributed by atoms with Crippen molar-refractivity contribution in [1.82, 2.24) is 4.98 Å². The molecular weight excluding hydrogens is 226 g/mol. The van der Waals surface area contributed by atoms with Crippen molar-refractivity contribution in [3.63, 3.8) is 0 Å². The normalized spacial score (nSPS) is 12.2. The van der Waals surface area contributed by atoms with E-state index in [1.807, 2.05) is 31.2 Å². The number of aromatic nitrogens is 1. The van der Waals surface area contributed by atoms with Crippen molar-refractivity contribution < 1.29 is 9.90 Å². The molecule has 1 aromatic heterocycles. The first-order valence-electron chi connectivity index (χ1n) is 5.64. The van der Waals surface area contributed by atoms with Gasteiger partial charge in [-0.3, -0.25) is 4.98 Å². The van der Waals surface area contributed by atoms with E-state index in [1.165, 1.54) is 0 Å². The number of nitrogens with zero attached hydrogens (tertiary/aromatic N) is 1. The molecule has 90 valence electrons. The smallest absolute Gasteiger partial charge is 0.336 e. The second-order valence-corrected chi connectivity index (χ2v) is 3.79. The maximum atomic E-state index is 11.3. The minimum Gasteiger partial charge on any atom is -0.478 e. The SMILES string of the molecule is CC=CC=C(C(=O)O)c1cccc2cccnc12. The van der Waals surface area contributed by atoms with Crippen LogP contribution in [0.25, 0.3) is 16.5 Å². The van der Waals surface area contributed by atoms with Crippen LogP contribution in [0, 0.1) is 0 Å². The number of allylic oxidation sites excluding steroid dienone is 3. The van der Waals surface area contributed by atoms with Crippen molar-refractivity contribution in [2.75, 3.05) is 0 Å². The Balaban J connectivity index is 2.68. The van der Waals surface area contributed by atoms with E-state index < -0.39 is 5.97 Å². The van der Waals surface area contributed by atoms with Gasteiger partial charge in [0.15, 0.2) is 0 Å². The minimum absolute atomic E-state index is 0.248. The molecule has 0 bridgehead atoms. The number of carboxylic acid groups (broad SMARTS) is 1. The standard InChI is InChI=1S/C15H13NO2/c1-2-3-8-13(15(17)18)12-9-4-6-11-7-5-10-16-14(11)12/h2-10H,1H3,(H,17,18). The molecule has 0 aliphatic rings. The Morgan fingerprint density at radius 1 is 1.28 bits per heavy atom. The lowest BCUT2D eigenvalue weighted by Crippen LogP contribution is -2.00. The number of hydrogen-bond donors (Lipinski definition) is 1. The van der Waals surface area contributed by atoms with E-state index in [2.05, 4.69) is 4.98 Å². The third kappa shape index (κ3) is 2.30. The van der Waals surface area contributed by atoms with Gasteiger partial charge in [-0.15, -0.1) is 0 Å². The van der Waals surface area contributed by atoms with Crippen LogP contribution in [0.5, 0.6) is 0 Å². The molecule has 0 saturated carbocycles. The Hall–Kier alpha value is -2.42. The van der Waals surface area contributed by atoms with Gasteiger partial charge in [0.1, 0.15) is 0 Å². The highest BCUT2D eigenvalue weighted by Crippen LogP contribution is 2.23. The molecule has 2 rings (SSSR count). The topological polar surface area (TPSA) is 50.2 Å². The molecule has 3 heteroatoms. The van der Waals surface area contributed by atoms with E-state index in [9.17, 15) is 9.90 Å². The summed E-state index contributed by atoms with van der Waals surface area (Å²) in [5.74, 6) is -0.953. The summed E-state index contributed by atoms with van der Waals surface area (Å²) < 4.78 is 0. The lowest BCUT2D eigenvalue weighted by molar-refractivity contribution is -0.130. The number of carboxylic acids is 1. The van der Waals surface area contributed by atoms with Crippen molar-refractivity contribution in [1.29, 1.82) is 0 Å². The van der Waals surface area contributed by atoms with Gasteiger partial charge in [-0.2, -0.15) is 0 Å². The molecule has 18 heavy (non-hydrogen) atoms. The minimum atomic E-state index is -0.953. The first kappa shape index (κ1) is 12.0. The Bertz CT molecular complexity index is 636. The molecule has 2 aromatic rings. The largest absolute Gasteiger partial charge is 0.478 e. The lowest BCUT2D eigenvalue weighted by Gasteiger charge is -2.05. The van der Waals surface area contributed by atoms with Gasteiger partial charge in [0.25, 0.3) is 0 Å². The number of hydrogen-bond acceptors (Lipinski definition) is 2. The summed E-state index contributed by atoms with van der Waals surface area (Å²) in [6.07, 6.45) is 6.76. The molecule has 0 atom stereocenters. The summed E-state index contributed by atoms with van der Waals surface area (Å²) in [7, 11) is 0. The second-order valence-electron chi connectivity index (χ2n) is 3.79. The van der Waals surface area contributed by atoms with Crippen LogP contribution in [-0.2, 0) is 4.79 Å². The lowest BCUT2D eigenvalue weighted by atomic mass is 10.0. The number of carbonyl (C=O) groups is 1. The van der Waals surface area contributed by atoms with Crippen LogP contribution in [-0.4, -0.2) is 16.1 Å². The predicted molar refractivity (Wildman–Crippen MR) is 72.2 cm³/mol. The molecule has 0 amide bonds. The Morgan fingerprint density at radius 2 is 2.06 bits per heavy atom. The molecule has 0 aliphatic heterocycles. The molecule has 0 fully saturated rings. The molecule has 0 aliphatic carbocycles. The quantitative estimate of drug-likeness (QED) is 0.660. The second kappa shape index (κ2) is 5.27. The van der Waals surface area contributed by atoms with Gasteiger partial charge >= 0.3 is 5.97 Å². The van der Waals surface area contributed by atoms with Crippen LogP contribution >= 0.6 is 0 Å². The van der Waals surface area contributed by atoms with E-state index in [4.69, 9.17) is 0 Å². The monoisotopic (exact) mass is 239 g/mol. The van der Waals surface area contributed by atoms with Crippen molar-refractivity contribution in [3.8, 4) is 0 Å². The van der Waals surface area contributed by atoms with Crippen molar-refractivity contribution in [2.24, 2.45) is 0 Å². The van der Waals surface area contributed by atoms with Crippen LogP contribution in [0.3, 0.4) is 0 Å². The molecule has 1 N–H and O–H groups in total. The third-order valence-electron chi connectivity index (χ3n) is 2.61. The van der Waals surface area contributed by atoms with Crippen LogP contribution in [0.2, 0.25) is 0 Å². The maximum Gasteiger partial charge on any atom is 0.336 e. The zero-order valence-electron chi connectivity index (χ0n) is 10.00. The third-order valence-corrected chi connectivity index (χ3v) is 2.61. The van der Waals surface area contributed by atoms with Gasteiger partial charge in [0.2, 0.25) is 0 Å². The first-order chi connectivity index (χ1) is 8.74. The van der Waals surface area contributed by atoms with Crippen LogP contribution < -0.4 is 0 Å². The van der Waals surface area contributed by atoms with Gasteiger partial charge in [0, 0.05) is 17.1 Å². The van der Waals surface area contributed by atoms with Crippen LogP contribution in [0.4, 0.5) is 0 Å². The van der Waals surface area contributed by atoms with Crippen molar-refractivity contribution in [3.05, 3.63) is 60.3 Å². The molecular formula is C15H13NO2. The molecule has 0 radical (unpaired) electrons. The van der Waals surface area contributed by atoms with Gasteiger partial charge in [0.05, 0.1) is 11.1 Å². The summed E-state index contributed by atoms with van der Waals surface area (Å²) in [5.41, 5.74) is 1.59. The number of para-hydroxylation sites is 1. The van der Waals surface area contributed by atoms with Gasteiger partial charge < -0.3 is 5.11 Å². The molecule has 0 saturated heterocycles. The summed E-state index contributed by atoms with van der Waals surface area (Å²) in [6, 6.07) is 9.29. The highest BCUT2D eigenvalue weighted by molar-refractivity contribution is 6.19. The van der Waals surface area contributed by atoms with Crippen LogP contribution in [0.1, 0.15) is 12.5 Å². The first-order valence-corrected chi connectivity index (χ1v) is 5.64. The zero-order chi connectivity index (χ0) is 13.0. The molecule has 3 nitrogen and oxygen atoms in total. The average Bonchev–Trinajstić information content (AvgIpc) is 2.39. The summed E-state index contributed by atoms with van der Waals surface area (Å²) in [4.78, 5) is 15.6. The summed E-state index contributed by atoms with van der Waals surface area (Å²) in [5, 5.41) is 10.2. The van der Waals surface area contributed by atoms with Gasteiger partial charge in [-0.25, -0.2) is 4.79 Å². The fraction of sp³-hybridized carbons (Fsp3) is 0.0667. The molecule has 1 heterocycles. The van der Waals surface area contributed by atoms with E-state index in [-0.39, 0.29) is 5.57 Å². The van der Waals surface area contributed by atoms with Gasteiger partial charge in [-0.1, -0.05) is 36.4 Å². The van der Waals surface area contributed by atoms with E-state index in [0.717, 1.165) is 5.39 Å². The number of pyridine rings is 1. The van der Waals surface area contributed by atoms with Crippen molar-refractivity contribution >= 4 is 22.4 Å². The number of aliphatic carboxylic acids is 1. The fourth-order valence-electron chi connectivity index (χ4n) is 1.79. The highest BCUT2D eigenvalue weighted by atomic mass is 16.4. The molecule has 0 unspecified atom stereocenters. The Kier molecular flexibility index (Phi) is 3.53. The Morgan fingerprint density at radius 3 is 2.78 bits per heavy atom. The molecule has 1 aromatic carbocycles. The van der Waals surface area contributed by atoms with E-state index >= 15 is 0 Å². The van der Waals surface area contributed by atoms with E-state index in [0.29, 0.717) is 11.1 Å². The highest BCUT2D eigenvalue weighted by Gasteiger charge is 2.12. The van der Waals surface area contributed by atoms with Gasteiger partial charge in [-0.05, 0) is 19.1 Å². The van der Waals surface area contributed by atoms with Crippen molar-refractivity contribution in [2.45, 2.75) is 6.92 Å². The predicted octanol–water partition coefficient (Wildman–Crippen LogP) is 3.28. The molecule has 0 spiro atoms. The Labute approximate surface area is 105 Å².